The van der Waals surface area contributed by atoms with Gasteiger partial charge in [0, 0.05) is 26.1 Å². The van der Waals surface area contributed by atoms with Gasteiger partial charge in [0.2, 0.25) is 0 Å². The fourth-order valence-electron chi connectivity index (χ4n) is 1.36. The van der Waals surface area contributed by atoms with Crippen LogP contribution in [0.1, 0.15) is 38.5 Å². The van der Waals surface area contributed by atoms with Gasteiger partial charge in [-0.15, -0.1) is 0 Å². The Morgan fingerprint density at radius 1 is 0.765 bits per heavy atom. The summed E-state index contributed by atoms with van der Waals surface area (Å²) in [4.78, 5) is 21.7. The van der Waals surface area contributed by atoms with Crippen molar-refractivity contribution >= 4 is 11.6 Å². The van der Waals surface area contributed by atoms with Gasteiger partial charge in [-0.2, -0.15) is 0 Å². The summed E-state index contributed by atoms with van der Waals surface area (Å²) in [5.41, 5.74) is 10.4. The summed E-state index contributed by atoms with van der Waals surface area (Å²) in [6.45, 7) is 1.61. The number of nitrogens with two attached hydrogens (primary N) is 2. The van der Waals surface area contributed by atoms with E-state index >= 15 is 0 Å². The van der Waals surface area contributed by atoms with Crippen molar-refractivity contribution in [3.05, 3.63) is 0 Å². The van der Waals surface area contributed by atoms with E-state index in [0.717, 1.165) is 25.7 Å². The number of carbonyl (C=O) groups excluding carboxylic acids is 2. The largest absolute Gasteiger partial charge is 0.381 e. The highest BCUT2D eigenvalue weighted by molar-refractivity contribution is 5.80. The van der Waals surface area contributed by atoms with Crippen molar-refractivity contribution in [1.82, 2.24) is 0 Å². The molecule has 0 saturated heterocycles. The maximum absolute atomic E-state index is 10.9. The normalized spacial score (nSPS) is 10.5. The predicted octanol–water partition coefficient (Wildman–Crippen LogP) is 0.399. The molecule has 100 valence electrons. The van der Waals surface area contributed by atoms with Crippen LogP contribution >= 0.6 is 0 Å². The van der Waals surface area contributed by atoms with Crippen molar-refractivity contribution in [3.8, 4) is 0 Å². The van der Waals surface area contributed by atoms with Gasteiger partial charge in [0.25, 0.3) is 0 Å². The van der Waals surface area contributed by atoms with Gasteiger partial charge in [0.1, 0.15) is 11.6 Å². The first-order valence-corrected chi connectivity index (χ1v) is 6.22. The SMILES string of the molecule is NCC(=O)CCCCOCCCCC(=O)CN. The summed E-state index contributed by atoms with van der Waals surface area (Å²) in [5, 5.41) is 0. The van der Waals surface area contributed by atoms with Crippen LogP contribution < -0.4 is 11.5 Å². The predicted molar refractivity (Wildman–Crippen MR) is 66.6 cm³/mol. The van der Waals surface area contributed by atoms with E-state index in [1.54, 1.807) is 0 Å². The highest BCUT2D eigenvalue weighted by atomic mass is 16.5. The molecule has 0 radical (unpaired) electrons. The lowest BCUT2D eigenvalue weighted by molar-refractivity contribution is -0.118. The number of hydrogen-bond donors (Lipinski definition) is 2. The molecule has 0 aliphatic heterocycles. The first kappa shape index (κ1) is 16.2. The number of unbranched alkanes of at least 4 members (excludes halogenated alkanes) is 2. The Balaban J connectivity index is 3.08. The second-order valence-electron chi connectivity index (χ2n) is 4.01. The fraction of sp³-hybridized carbons (Fsp3) is 0.833. The fourth-order valence-corrected chi connectivity index (χ4v) is 1.36. The smallest absolute Gasteiger partial charge is 0.146 e. The Kier molecular flexibility index (Phi) is 11.2. The van der Waals surface area contributed by atoms with Crippen LogP contribution in [0.5, 0.6) is 0 Å². The Hall–Kier alpha value is -0.780. The molecule has 5 heteroatoms. The number of ketones is 2. The minimum atomic E-state index is 0.102. The van der Waals surface area contributed by atoms with E-state index in [9.17, 15) is 9.59 Å². The molecular formula is C12H24N2O3. The lowest BCUT2D eigenvalue weighted by Gasteiger charge is -2.03. The Morgan fingerprint density at radius 2 is 1.18 bits per heavy atom. The van der Waals surface area contributed by atoms with E-state index in [1.165, 1.54) is 0 Å². The third-order valence-electron chi connectivity index (χ3n) is 2.44. The molecule has 0 aromatic heterocycles. The minimum absolute atomic E-state index is 0.102. The lowest BCUT2D eigenvalue weighted by Crippen LogP contribution is -2.13. The molecule has 0 unspecified atom stereocenters. The standard InChI is InChI=1S/C12H24N2O3/c13-9-11(15)5-1-3-7-17-8-4-2-6-12(16)10-14/h1-10,13-14H2. The van der Waals surface area contributed by atoms with Crippen molar-refractivity contribution < 1.29 is 14.3 Å². The van der Waals surface area contributed by atoms with E-state index in [2.05, 4.69) is 0 Å². The van der Waals surface area contributed by atoms with Crippen molar-refractivity contribution in [1.29, 1.82) is 0 Å². The highest BCUT2D eigenvalue weighted by Crippen LogP contribution is 1.99. The van der Waals surface area contributed by atoms with Gasteiger partial charge >= 0.3 is 0 Å². The van der Waals surface area contributed by atoms with Crippen LogP contribution in [0.4, 0.5) is 0 Å². The molecule has 0 rings (SSSR count). The molecule has 5 nitrogen and oxygen atoms in total. The van der Waals surface area contributed by atoms with Gasteiger partial charge in [0.15, 0.2) is 0 Å². The molecule has 0 aliphatic carbocycles. The lowest BCUT2D eigenvalue weighted by atomic mass is 10.2. The van der Waals surface area contributed by atoms with Gasteiger partial charge in [0.05, 0.1) is 13.1 Å². The molecule has 17 heavy (non-hydrogen) atoms. The van der Waals surface area contributed by atoms with Crippen LogP contribution in [0.3, 0.4) is 0 Å². The summed E-state index contributed by atoms with van der Waals surface area (Å²) >= 11 is 0. The van der Waals surface area contributed by atoms with E-state index in [4.69, 9.17) is 16.2 Å². The van der Waals surface area contributed by atoms with Crippen molar-refractivity contribution in [3.63, 3.8) is 0 Å². The Bertz CT molecular complexity index is 198. The summed E-state index contributed by atoms with van der Waals surface area (Å²) in [6, 6.07) is 0. The molecule has 4 N–H and O–H groups in total. The second-order valence-corrected chi connectivity index (χ2v) is 4.01. The third-order valence-corrected chi connectivity index (χ3v) is 2.44. The van der Waals surface area contributed by atoms with Crippen LogP contribution in [-0.4, -0.2) is 37.9 Å². The molecule has 0 saturated carbocycles. The molecule has 0 aromatic carbocycles. The van der Waals surface area contributed by atoms with Crippen LogP contribution in [0.15, 0.2) is 0 Å². The van der Waals surface area contributed by atoms with Crippen molar-refractivity contribution in [2.24, 2.45) is 11.5 Å². The molecule has 0 atom stereocenters. The first-order valence-electron chi connectivity index (χ1n) is 6.22. The molecule has 0 fully saturated rings. The molecule has 0 bridgehead atoms. The van der Waals surface area contributed by atoms with Gasteiger partial charge in [-0.1, -0.05) is 0 Å². The van der Waals surface area contributed by atoms with Crippen LogP contribution in [0.2, 0.25) is 0 Å². The quantitative estimate of drug-likeness (QED) is 0.484. The van der Waals surface area contributed by atoms with Crippen LogP contribution in [0, 0.1) is 0 Å². The molecule has 0 heterocycles. The third kappa shape index (κ3) is 11.5. The maximum atomic E-state index is 10.9. The maximum Gasteiger partial charge on any atom is 0.146 e. The zero-order valence-corrected chi connectivity index (χ0v) is 10.5. The summed E-state index contributed by atoms with van der Waals surface area (Å²) < 4.78 is 5.38. The van der Waals surface area contributed by atoms with E-state index in [1.807, 2.05) is 0 Å². The van der Waals surface area contributed by atoms with Gasteiger partial charge in [-0.25, -0.2) is 0 Å². The first-order chi connectivity index (χ1) is 8.20. The number of carbonyl (C=O) groups is 2. The summed E-state index contributed by atoms with van der Waals surface area (Å²) in [6.07, 6.45) is 4.53. The zero-order valence-electron chi connectivity index (χ0n) is 10.5. The summed E-state index contributed by atoms with van der Waals surface area (Å²) in [5.74, 6) is 0.204. The number of rotatable bonds is 12. The van der Waals surface area contributed by atoms with E-state index in [-0.39, 0.29) is 24.7 Å². The molecular weight excluding hydrogens is 220 g/mol. The highest BCUT2D eigenvalue weighted by Gasteiger charge is 1.99. The van der Waals surface area contributed by atoms with Crippen molar-refractivity contribution in [2.45, 2.75) is 38.5 Å². The van der Waals surface area contributed by atoms with E-state index < -0.39 is 0 Å². The minimum Gasteiger partial charge on any atom is -0.381 e. The number of hydrogen-bond acceptors (Lipinski definition) is 5. The molecule has 0 aromatic rings. The van der Waals surface area contributed by atoms with Crippen molar-refractivity contribution in [2.75, 3.05) is 26.3 Å². The molecule has 0 amide bonds. The monoisotopic (exact) mass is 244 g/mol. The number of Topliss-reactive ketones (excluding diaryl/α,β-unsaturated/α-hetero) is 2. The van der Waals surface area contributed by atoms with Crippen LogP contribution in [-0.2, 0) is 14.3 Å². The Morgan fingerprint density at radius 3 is 1.53 bits per heavy atom. The van der Waals surface area contributed by atoms with Gasteiger partial charge in [-0.05, 0) is 25.7 Å². The van der Waals surface area contributed by atoms with Gasteiger partial charge in [-0.3, -0.25) is 9.59 Å². The Labute approximate surface area is 103 Å². The van der Waals surface area contributed by atoms with Crippen LogP contribution in [0.25, 0.3) is 0 Å². The average molecular weight is 244 g/mol. The van der Waals surface area contributed by atoms with Gasteiger partial charge < -0.3 is 16.2 Å². The zero-order chi connectivity index (χ0) is 12.9. The molecule has 0 spiro atoms. The average Bonchev–Trinajstić information content (AvgIpc) is 2.35. The number of ether oxygens (including phenoxy) is 1. The topological polar surface area (TPSA) is 95.4 Å². The molecule has 0 aliphatic rings. The summed E-state index contributed by atoms with van der Waals surface area (Å²) in [7, 11) is 0. The van der Waals surface area contributed by atoms with E-state index in [0.29, 0.717) is 26.1 Å². The second kappa shape index (κ2) is 11.7.